The van der Waals surface area contributed by atoms with Crippen LogP contribution in [0.1, 0.15) is 28.8 Å². The van der Waals surface area contributed by atoms with Gasteiger partial charge in [0.05, 0.1) is 0 Å². The summed E-state index contributed by atoms with van der Waals surface area (Å²) in [7, 11) is 0. The molecule has 0 spiro atoms. The molecule has 1 aromatic heterocycles. The summed E-state index contributed by atoms with van der Waals surface area (Å²) in [5.74, 6) is 0.126. The maximum absolute atomic E-state index is 12.4. The number of amides is 1. The molecule has 1 aliphatic rings. The van der Waals surface area contributed by atoms with E-state index in [4.69, 9.17) is 5.73 Å². The normalized spacial score (nSPS) is 15.2. The monoisotopic (exact) mass is 321 g/mol. The summed E-state index contributed by atoms with van der Waals surface area (Å²) >= 11 is 0. The van der Waals surface area contributed by atoms with Crippen molar-refractivity contribution >= 4 is 29.2 Å². The van der Waals surface area contributed by atoms with Gasteiger partial charge in [0.15, 0.2) is 0 Å². The second-order valence-corrected chi connectivity index (χ2v) is 5.65. The Bertz CT molecular complexity index is 753. The Morgan fingerprint density at radius 1 is 1.41 bits per heavy atom. The van der Waals surface area contributed by atoms with Crippen LogP contribution in [0.3, 0.4) is 0 Å². The van der Waals surface area contributed by atoms with Crippen LogP contribution in [0.4, 0.5) is 0 Å². The standard InChI is InChI=1S/C16H19N3O2.ClH/c1-9-11-4-2-3-5-12(11)18-15(20)14(9)16(21)19-13(8-17)10-6-7-10;/h2-5,10,13H,6-8,17H2,1H3,(H,18,20)(H,19,21);1H. The molecule has 2 aromatic rings. The lowest BCUT2D eigenvalue weighted by Crippen LogP contribution is -2.43. The van der Waals surface area contributed by atoms with E-state index in [9.17, 15) is 9.59 Å². The van der Waals surface area contributed by atoms with Crippen molar-refractivity contribution in [3.8, 4) is 0 Å². The number of hydrogen-bond donors (Lipinski definition) is 3. The molecule has 1 aliphatic carbocycles. The number of aromatic amines is 1. The van der Waals surface area contributed by atoms with Gasteiger partial charge in [-0.3, -0.25) is 9.59 Å². The largest absolute Gasteiger partial charge is 0.348 e. The Hall–Kier alpha value is -1.85. The Morgan fingerprint density at radius 3 is 2.73 bits per heavy atom. The van der Waals surface area contributed by atoms with Gasteiger partial charge >= 0.3 is 0 Å². The van der Waals surface area contributed by atoms with Crippen LogP contribution in [0.2, 0.25) is 0 Å². The van der Waals surface area contributed by atoms with Crippen molar-refractivity contribution in [2.75, 3.05) is 6.54 Å². The van der Waals surface area contributed by atoms with Crippen LogP contribution in [-0.2, 0) is 0 Å². The summed E-state index contributed by atoms with van der Waals surface area (Å²) in [5.41, 5.74) is 6.99. The molecular formula is C16H20ClN3O2. The Balaban J connectivity index is 0.00000176. The van der Waals surface area contributed by atoms with E-state index >= 15 is 0 Å². The maximum atomic E-state index is 12.4. The lowest BCUT2D eigenvalue weighted by atomic mass is 10.0. The van der Waals surface area contributed by atoms with E-state index in [1.807, 2.05) is 24.3 Å². The smallest absolute Gasteiger partial charge is 0.261 e. The molecule has 1 heterocycles. The van der Waals surface area contributed by atoms with Crippen molar-refractivity contribution in [1.29, 1.82) is 0 Å². The minimum absolute atomic E-state index is 0. The zero-order valence-electron chi connectivity index (χ0n) is 12.4. The molecule has 0 aliphatic heterocycles. The van der Waals surface area contributed by atoms with Crippen molar-refractivity contribution in [1.82, 2.24) is 10.3 Å². The van der Waals surface area contributed by atoms with Crippen LogP contribution in [0.5, 0.6) is 0 Å². The van der Waals surface area contributed by atoms with Gasteiger partial charge in [0.1, 0.15) is 5.56 Å². The molecule has 1 amide bonds. The highest BCUT2D eigenvalue weighted by Gasteiger charge is 2.32. The van der Waals surface area contributed by atoms with Crippen molar-refractivity contribution in [2.45, 2.75) is 25.8 Å². The molecule has 5 nitrogen and oxygen atoms in total. The first-order chi connectivity index (χ1) is 10.1. The van der Waals surface area contributed by atoms with Crippen LogP contribution in [-0.4, -0.2) is 23.5 Å². The highest BCUT2D eigenvalue weighted by molar-refractivity contribution is 6.00. The van der Waals surface area contributed by atoms with Crippen LogP contribution in [0.15, 0.2) is 29.1 Å². The van der Waals surface area contributed by atoms with E-state index in [-0.39, 0.29) is 35.5 Å². The highest BCUT2D eigenvalue weighted by Crippen LogP contribution is 2.32. The van der Waals surface area contributed by atoms with Gasteiger partial charge in [-0.15, -0.1) is 12.4 Å². The van der Waals surface area contributed by atoms with Crippen LogP contribution in [0.25, 0.3) is 10.9 Å². The number of hydrogen-bond acceptors (Lipinski definition) is 3. The molecule has 0 saturated heterocycles. The Labute approximate surface area is 134 Å². The number of nitrogens with one attached hydrogen (secondary N) is 2. The molecule has 6 heteroatoms. The minimum Gasteiger partial charge on any atom is -0.348 e. The van der Waals surface area contributed by atoms with Crippen molar-refractivity contribution < 1.29 is 4.79 Å². The lowest BCUT2D eigenvalue weighted by Gasteiger charge is -2.17. The topological polar surface area (TPSA) is 88.0 Å². The fraction of sp³-hybridized carbons (Fsp3) is 0.375. The summed E-state index contributed by atoms with van der Waals surface area (Å²) in [4.78, 5) is 27.4. The number of fused-ring (bicyclic) bond motifs is 1. The first-order valence-electron chi connectivity index (χ1n) is 7.24. The third-order valence-electron chi connectivity index (χ3n) is 4.17. The fourth-order valence-corrected chi connectivity index (χ4v) is 2.79. The van der Waals surface area contributed by atoms with Crippen molar-refractivity contribution in [3.63, 3.8) is 0 Å². The van der Waals surface area contributed by atoms with Crippen molar-refractivity contribution in [3.05, 3.63) is 45.7 Å². The molecule has 1 fully saturated rings. The van der Waals surface area contributed by atoms with Gasteiger partial charge in [-0.2, -0.15) is 0 Å². The van der Waals surface area contributed by atoms with Crippen LogP contribution >= 0.6 is 12.4 Å². The van der Waals surface area contributed by atoms with Gasteiger partial charge in [0.2, 0.25) is 0 Å². The molecule has 0 radical (unpaired) electrons. The van der Waals surface area contributed by atoms with E-state index < -0.39 is 0 Å². The number of pyridine rings is 1. The zero-order chi connectivity index (χ0) is 15.0. The average molecular weight is 322 g/mol. The molecular weight excluding hydrogens is 302 g/mol. The second kappa shape index (κ2) is 6.50. The molecule has 1 unspecified atom stereocenters. The highest BCUT2D eigenvalue weighted by atomic mass is 35.5. The van der Waals surface area contributed by atoms with Gasteiger partial charge < -0.3 is 16.0 Å². The summed E-state index contributed by atoms with van der Waals surface area (Å²) in [6.45, 7) is 2.21. The number of nitrogens with two attached hydrogens (primary N) is 1. The predicted octanol–water partition coefficient (Wildman–Crippen LogP) is 1.73. The number of rotatable bonds is 4. The van der Waals surface area contributed by atoms with E-state index in [1.165, 1.54) is 0 Å². The summed E-state index contributed by atoms with van der Waals surface area (Å²) in [6.07, 6.45) is 2.18. The molecule has 1 aromatic carbocycles. The van der Waals surface area contributed by atoms with Gasteiger partial charge in [0.25, 0.3) is 11.5 Å². The quantitative estimate of drug-likeness (QED) is 0.801. The van der Waals surface area contributed by atoms with Gasteiger partial charge in [-0.25, -0.2) is 0 Å². The lowest BCUT2D eigenvalue weighted by molar-refractivity contribution is 0.0931. The number of aryl methyl sites for hydroxylation is 1. The first kappa shape index (κ1) is 16.5. The van der Waals surface area contributed by atoms with Crippen molar-refractivity contribution in [2.24, 2.45) is 11.7 Å². The molecule has 1 atom stereocenters. The number of aromatic nitrogens is 1. The number of halogens is 1. The number of para-hydroxylation sites is 1. The Kier molecular flexibility index (Phi) is 4.88. The number of carbonyl (C=O) groups is 1. The summed E-state index contributed by atoms with van der Waals surface area (Å²) in [5, 5.41) is 3.79. The SMILES string of the molecule is Cc1c(C(=O)NC(CN)C2CC2)c(=O)[nH]c2ccccc12.Cl. The third-order valence-corrected chi connectivity index (χ3v) is 4.17. The van der Waals surface area contributed by atoms with E-state index in [0.717, 1.165) is 23.7 Å². The van der Waals surface area contributed by atoms with Crippen LogP contribution < -0.4 is 16.6 Å². The van der Waals surface area contributed by atoms with E-state index in [0.29, 0.717) is 18.0 Å². The molecule has 0 bridgehead atoms. The average Bonchev–Trinajstić information content (AvgIpc) is 3.29. The Morgan fingerprint density at radius 2 is 2.09 bits per heavy atom. The van der Waals surface area contributed by atoms with E-state index in [1.54, 1.807) is 6.92 Å². The molecule has 118 valence electrons. The number of benzene rings is 1. The van der Waals surface area contributed by atoms with E-state index in [2.05, 4.69) is 10.3 Å². The molecule has 22 heavy (non-hydrogen) atoms. The zero-order valence-corrected chi connectivity index (χ0v) is 13.2. The summed E-state index contributed by atoms with van der Waals surface area (Å²) < 4.78 is 0. The number of carbonyl (C=O) groups excluding carboxylic acids is 1. The fourth-order valence-electron chi connectivity index (χ4n) is 2.79. The molecule has 1 saturated carbocycles. The van der Waals surface area contributed by atoms with Crippen LogP contribution in [0, 0.1) is 12.8 Å². The van der Waals surface area contributed by atoms with Gasteiger partial charge in [0, 0.05) is 23.5 Å². The van der Waals surface area contributed by atoms with Gasteiger partial charge in [-0.1, -0.05) is 18.2 Å². The maximum Gasteiger partial charge on any atom is 0.261 e. The second-order valence-electron chi connectivity index (χ2n) is 5.65. The first-order valence-corrected chi connectivity index (χ1v) is 7.24. The molecule has 4 N–H and O–H groups in total. The number of H-pyrrole nitrogens is 1. The van der Waals surface area contributed by atoms with Gasteiger partial charge in [-0.05, 0) is 37.3 Å². The molecule has 3 rings (SSSR count). The summed E-state index contributed by atoms with van der Waals surface area (Å²) in [6, 6.07) is 7.44. The predicted molar refractivity (Wildman–Crippen MR) is 89.6 cm³/mol. The third kappa shape index (κ3) is 3.00. The minimum atomic E-state index is -0.352.